The van der Waals surface area contributed by atoms with Crippen LogP contribution in [0.15, 0.2) is 17.0 Å². The molecule has 0 aliphatic heterocycles. The summed E-state index contributed by atoms with van der Waals surface area (Å²) in [6.07, 6.45) is 2.82. The maximum absolute atomic E-state index is 12.3. The number of halogens is 2. The third-order valence-electron chi connectivity index (χ3n) is 3.61. The van der Waals surface area contributed by atoms with E-state index in [-0.39, 0.29) is 33.5 Å². The molecule has 1 fully saturated rings. The van der Waals surface area contributed by atoms with E-state index in [2.05, 4.69) is 4.72 Å². The van der Waals surface area contributed by atoms with Crippen molar-refractivity contribution in [3.05, 3.63) is 22.2 Å². The first-order valence-corrected chi connectivity index (χ1v) is 8.96. The molecule has 2 rings (SSSR count). The molecular weight excluding hydrogens is 335 g/mol. The van der Waals surface area contributed by atoms with Crippen molar-refractivity contribution < 1.29 is 13.5 Å². The highest BCUT2D eigenvalue weighted by Gasteiger charge is 2.25. The van der Waals surface area contributed by atoms with Crippen molar-refractivity contribution in [3.63, 3.8) is 0 Å². The van der Waals surface area contributed by atoms with Crippen LogP contribution in [-0.4, -0.2) is 26.2 Å². The van der Waals surface area contributed by atoms with Crippen LogP contribution in [-0.2, 0) is 10.0 Å². The largest absolute Gasteiger partial charge is 0.399 e. The standard InChI is InChI=1S/C13H18Cl2N2O3S/c14-11-5-9(16)6-12(15)13(11)21(19,20)17-7-8-2-1-3-10(18)4-8/h5-6,8,10,17-18H,1-4,7,16H2. The molecule has 1 aromatic carbocycles. The van der Waals surface area contributed by atoms with E-state index in [0.29, 0.717) is 12.1 Å². The normalized spacial score (nSPS) is 23.2. The van der Waals surface area contributed by atoms with Crippen molar-refractivity contribution in [1.82, 2.24) is 4.72 Å². The molecule has 4 N–H and O–H groups in total. The van der Waals surface area contributed by atoms with Crippen LogP contribution in [0.1, 0.15) is 25.7 Å². The number of hydrogen-bond donors (Lipinski definition) is 3. The van der Waals surface area contributed by atoms with Crippen LogP contribution >= 0.6 is 23.2 Å². The molecule has 1 aromatic rings. The number of benzene rings is 1. The molecule has 0 saturated heterocycles. The molecule has 0 amide bonds. The second kappa shape index (κ2) is 6.71. The zero-order valence-electron chi connectivity index (χ0n) is 11.4. The van der Waals surface area contributed by atoms with Crippen molar-refractivity contribution in [2.24, 2.45) is 5.92 Å². The van der Waals surface area contributed by atoms with E-state index < -0.39 is 10.0 Å². The van der Waals surface area contributed by atoms with Gasteiger partial charge >= 0.3 is 0 Å². The van der Waals surface area contributed by atoms with Gasteiger partial charge in [-0.05, 0) is 37.3 Å². The number of aliphatic hydroxyl groups is 1. The van der Waals surface area contributed by atoms with Crippen LogP contribution in [0.3, 0.4) is 0 Å². The number of anilines is 1. The Morgan fingerprint density at radius 1 is 1.29 bits per heavy atom. The average Bonchev–Trinajstić information content (AvgIpc) is 2.35. The Morgan fingerprint density at radius 2 is 1.90 bits per heavy atom. The van der Waals surface area contributed by atoms with Crippen LogP contribution in [0.25, 0.3) is 0 Å². The maximum Gasteiger partial charge on any atom is 0.243 e. The molecule has 1 aliphatic rings. The number of nitrogens with two attached hydrogens (primary N) is 1. The molecule has 5 nitrogen and oxygen atoms in total. The van der Waals surface area contributed by atoms with Gasteiger partial charge in [0.15, 0.2) is 0 Å². The molecule has 1 aliphatic carbocycles. The first-order chi connectivity index (χ1) is 9.79. The zero-order valence-corrected chi connectivity index (χ0v) is 13.7. The second-order valence-electron chi connectivity index (χ2n) is 5.35. The Morgan fingerprint density at radius 3 is 2.48 bits per heavy atom. The van der Waals surface area contributed by atoms with Gasteiger partial charge in [0, 0.05) is 12.2 Å². The predicted molar refractivity (Wildman–Crippen MR) is 84.0 cm³/mol. The summed E-state index contributed by atoms with van der Waals surface area (Å²) in [6, 6.07) is 2.71. The highest BCUT2D eigenvalue weighted by molar-refractivity contribution is 7.89. The monoisotopic (exact) mass is 352 g/mol. The summed E-state index contributed by atoms with van der Waals surface area (Å²) >= 11 is 11.9. The Hall–Kier alpha value is -0.530. The van der Waals surface area contributed by atoms with Crippen molar-refractivity contribution in [1.29, 1.82) is 0 Å². The number of nitrogens with one attached hydrogen (secondary N) is 1. The predicted octanol–water partition coefficient (Wildman–Crippen LogP) is 2.41. The Kier molecular flexibility index (Phi) is 5.38. The van der Waals surface area contributed by atoms with Crippen LogP contribution in [0.2, 0.25) is 10.0 Å². The molecule has 1 saturated carbocycles. The van der Waals surface area contributed by atoms with Gasteiger partial charge in [-0.3, -0.25) is 0 Å². The van der Waals surface area contributed by atoms with Gasteiger partial charge in [-0.2, -0.15) is 0 Å². The summed E-state index contributed by atoms with van der Waals surface area (Å²) in [5.74, 6) is 0.120. The first-order valence-electron chi connectivity index (χ1n) is 6.72. The first kappa shape index (κ1) is 16.8. The summed E-state index contributed by atoms with van der Waals surface area (Å²) < 4.78 is 27.2. The smallest absolute Gasteiger partial charge is 0.243 e. The molecule has 21 heavy (non-hydrogen) atoms. The maximum atomic E-state index is 12.3. The van der Waals surface area contributed by atoms with Crippen LogP contribution < -0.4 is 10.5 Å². The molecular formula is C13H18Cl2N2O3S. The fourth-order valence-electron chi connectivity index (χ4n) is 2.58. The van der Waals surface area contributed by atoms with E-state index >= 15 is 0 Å². The van der Waals surface area contributed by atoms with Crippen molar-refractivity contribution in [2.45, 2.75) is 36.7 Å². The average molecular weight is 353 g/mol. The minimum atomic E-state index is -3.81. The van der Waals surface area contributed by atoms with Gasteiger partial charge < -0.3 is 10.8 Å². The van der Waals surface area contributed by atoms with Gasteiger partial charge in [0.05, 0.1) is 16.1 Å². The summed E-state index contributed by atoms with van der Waals surface area (Å²) in [6.45, 7) is 0.260. The number of sulfonamides is 1. The Bertz CT molecular complexity index is 599. The van der Waals surface area contributed by atoms with Gasteiger partial charge in [0.25, 0.3) is 0 Å². The number of hydrogen-bond acceptors (Lipinski definition) is 4. The SMILES string of the molecule is Nc1cc(Cl)c(S(=O)(=O)NCC2CCCC(O)C2)c(Cl)c1. The highest BCUT2D eigenvalue weighted by Crippen LogP contribution is 2.32. The summed E-state index contributed by atoms with van der Waals surface area (Å²) in [4.78, 5) is -0.156. The van der Waals surface area contributed by atoms with Gasteiger partial charge in [-0.1, -0.05) is 29.6 Å². The molecule has 0 bridgehead atoms. The molecule has 8 heteroatoms. The Balaban J connectivity index is 2.12. The quantitative estimate of drug-likeness (QED) is 0.725. The Labute approximate surface area is 134 Å². The van der Waals surface area contributed by atoms with Gasteiger partial charge in [0.1, 0.15) is 4.90 Å². The zero-order chi connectivity index (χ0) is 15.6. The van der Waals surface area contributed by atoms with Crippen LogP contribution in [0, 0.1) is 5.92 Å². The molecule has 0 aromatic heterocycles. The highest BCUT2D eigenvalue weighted by atomic mass is 35.5. The lowest BCUT2D eigenvalue weighted by Crippen LogP contribution is -2.33. The van der Waals surface area contributed by atoms with E-state index in [9.17, 15) is 13.5 Å². The number of nitrogen functional groups attached to an aromatic ring is 1. The molecule has 0 radical (unpaired) electrons. The fourth-order valence-corrected chi connectivity index (χ4v) is 4.93. The lowest BCUT2D eigenvalue weighted by molar-refractivity contribution is 0.102. The number of rotatable bonds is 4. The molecule has 2 atom stereocenters. The number of aliphatic hydroxyl groups excluding tert-OH is 1. The topological polar surface area (TPSA) is 92.4 Å². The molecule has 0 heterocycles. The molecule has 118 valence electrons. The third kappa shape index (κ3) is 4.23. The summed E-state index contributed by atoms with van der Waals surface area (Å²) in [7, 11) is -3.81. The summed E-state index contributed by atoms with van der Waals surface area (Å²) in [5, 5.41) is 9.60. The third-order valence-corrected chi connectivity index (χ3v) is 5.95. The van der Waals surface area contributed by atoms with Gasteiger partial charge in [-0.25, -0.2) is 13.1 Å². The minimum Gasteiger partial charge on any atom is -0.399 e. The second-order valence-corrected chi connectivity index (χ2v) is 7.87. The minimum absolute atomic E-state index is 0.00354. The molecule has 0 spiro atoms. The lowest BCUT2D eigenvalue weighted by atomic mass is 9.87. The van der Waals surface area contributed by atoms with E-state index in [1.54, 1.807) is 0 Å². The van der Waals surface area contributed by atoms with E-state index in [1.165, 1.54) is 12.1 Å². The fraction of sp³-hybridized carbons (Fsp3) is 0.538. The van der Waals surface area contributed by atoms with Crippen molar-refractivity contribution in [3.8, 4) is 0 Å². The van der Waals surface area contributed by atoms with E-state index in [0.717, 1.165) is 19.3 Å². The molecule has 2 unspecified atom stereocenters. The lowest BCUT2D eigenvalue weighted by Gasteiger charge is -2.26. The van der Waals surface area contributed by atoms with Crippen LogP contribution in [0.4, 0.5) is 5.69 Å². The van der Waals surface area contributed by atoms with Crippen molar-refractivity contribution >= 4 is 38.9 Å². The van der Waals surface area contributed by atoms with Gasteiger partial charge in [0.2, 0.25) is 10.0 Å². The van der Waals surface area contributed by atoms with E-state index in [4.69, 9.17) is 28.9 Å². The van der Waals surface area contributed by atoms with Crippen LogP contribution in [0.5, 0.6) is 0 Å². The van der Waals surface area contributed by atoms with Crippen molar-refractivity contribution in [2.75, 3.05) is 12.3 Å². The van der Waals surface area contributed by atoms with E-state index in [1.807, 2.05) is 0 Å². The summed E-state index contributed by atoms with van der Waals surface area (Å²) in [5.41, 5.74) is 5.87. The van der Waals surface area contributed by atoms with Gasteiger partial charge in [-0.15, -0.1) is 0 Å².